The zero-order chi connectivity index (χ0) is 63.9. The number of unbranched alkanes of at least 4 members (excludes halogenated alkanes) is 2. The molecule has 2 heterocycles. The lowest BCUT2D eigenvalue weighted by Crippen LogP contribution is -2.63. The highest BCUT2D eigenvalue weighted by Gasteiger charge is 2.51. The highest BCUT2D eigenvalue weighted by atomic mass is 16.5. The first-order chi connectivity index (χ1) is 42.0. The number of aliphatic hydroxyl groups is 8. The lowest BCUT2D eigenvalue weighted by molar-refractivity contribution is -0.148. The van der Waals surface area contributed by atoms with Gasteiger partial charge in [0.2, 0.25) is 23.6 Å². The van der Waals surface area contributed by atoms with E-state index in [2.05, 4.69) is 38.8 Å². The van der Waals surface area contributed by atoms with Crippen LogP contribution in [0.3, 0.4) is 0 Å². The number of amides is 5. The summed E-state index contributed by atoms with van der Waals surface area (Å²) in [5, 5.41) is 116. The molecule has 0 spiro atoms. The molecule has 5 amide bonds. The normalized spacial score (nSPS) is 27.4. The topological polar surface area (TPSA) is 386 Å². The summed E-state index contributed by atoms with van der Waals surface area (Å²) in [5.41, 5.74) is 3.54. The number of nitrogens with one attached hydrogen (secondary N) is 6. The van der Waals surface area contributed by atoms with Gasteiger partial charge in [-0.05, 0) is 97.3 Å². The fraction of sp³-hybridized carbons (Fsp3) is 0.516. The molecule has 24 heteroatoms. The second kappa shape index (κ2) is 31.8. The van der Waals surface area contributed by atoms with Crippen LogP contribution in [-0.2, 0) is 28.8 Å². The molecular formula is C64H85N7O17. The van der Waals surface area contributed by atoms with E-state index in [-0.39, 0.29) is 62.5 Å². The van der Waals surface area contributed by atoms with Crippen LogP contribution in [0.25, 0.3) is 22.3 Å². The second-order valence-electron chi connectivity index (χ2n) is 23.4. The maximum Gasteiger partial charge on any atom is 0.251 e. The van der Waals surface area contributed by atoms with Gasteiger partial charge in [0.15, 0.2) is 5.78 Å². The van der Waals surface area contributed by atoms with Gasteiger partial charge in [0.1, 0.15) is 53.7 Å². The third-order valence-corrected chi connectivity index (χ3v) is 16.8. The number of phenols is 1. The maximum absolute atomic E-state index is 14.8. The van der Waals surface area contributed by atoms with E-state index in [1.807, 2.05) is 48.5 Å². The van der Waals surface area contributed by atoms with Crippen LogP contribution in [0, 0.1) is 23.7 Å². The number of phenolic OH excluding ortho intramolecular Hbond substituents is 1. The first-order valence-electron chi connectivity index (χ1n) is 30.1. The van der Waals surface area contributed by atoms with Gasteiger partial charge in [0.05, 0.1) is 55.8 Å². The highest BCUT2D eigenvalue weighted by Crippen LogP contribution is 2.38. The van der Waals surface area contributed by atoms with Crippen LogP contribution in [0.2, 0.25) is 0 Å². The predicted octanol–water partition coefficient (Wildman–Crippen LogP) is 0.337. The van der Waals surface area contributed by atoms with Crippen LogP contribution in [0.15, 0.2) is 97.1 Å². The van der Waals surface area contributed by atoms with Gasteiger partial charge in [0, 0.05) is 62.3 Å². The third kappa shape index (κ3) is 17.3. The minimum absolute atomic E-state index is 0.0176. The van der Waals surface area contributed by atoms with Crippen LogP contribution >= 0.6 is 0 Å². The molecule has 7 unspecified atom stereocenters. The summed E-state index contributed by atoms with van der Waals surface area (Å²) in [7, 11) is 0. The van der Waals surface area contributed by atoms with Crippen molar-refractivity contribution in [3.8, 4) is 33.8 Å². The van der Waals surface area contributed by atoms with Gasteiger partial charge in [-0.15, -0.1) is 0 Å². The molecule has 1 aliphatic carbocycles. The fourth-order valence-corrected chi connectivity index (χ4v) is 11.6. The van der Waals surface area contributed by atoms with Gasteiger partial charge in [-0.3, -0.25) is 38.9 Å². The summed E-state index contributed by atoms with van der Waals surface area (Å²) in [6, 6.07) is 19.6. The Hall–Kier alpha value is -7.23. The third-order valence-electron chi connectivity index (χ3n) is 16.8. The van der Waals surface area contributed by atoms with E-state index < -0.39 is 151 Å². The number of ether oxygens (including phenoxy) is 1. The minimum atomic E-state index is -2.16. The molecule has 0 aromatic heterocycles. The molecule has 3 aliphatic rings. The Bertz CT molecular complexity index is 2990. The van der Waals surface area contributed by atoms with Gasteiger partial charge >= 0.3 is 0 Å². The smallest absolute Gasteiger partial charge is 0.251 e. The molecular weight excluding hydrogens is 1140 g/mol. The van der Waals surface area contributed by atoms with E-state index in [1.54, 1.807) is 12.1 Å². The minimum Gasteiger partial charge on any atom is -0.508 e. The van der Waals surface area contributed by atoms with Crippen molar-refractivity contribution in [1.82, 2.24) is 36.8 Å². The molecule has 2 aliphatic heterocycles. The maximum atomic E-state index is 14.8. The van der Waals surface area contributed by atoms with Crippen molar-refractivity contribution in [2.24, 2.45) is 23.7 Å². The Morgan fingerprint density at radius 3 is 1.86 bits per heavy atom. The van der Waals surface area contributed by atoms with E-state index in [1.165, 1.54) is 50.2 Å². The molecule has 0 radical (unpaired) electrons. The first kappa shape index (κ1) is 68.3. The number of carbonyl (C=O) groups excluding carboxylic acids is 7. The molecule has 7 rings (SSSR count). The SMILES string of the molecule is CCCCCOc1ccc(-c2ccc(-c3ccc(C(=O)N[C@H]4C[C@@H](O)C(NCCNCCO)NC(=O)C5[C@@H](O)[C@@H](C)CN5C(=O)C([C@@H](C)O)NC(=O)C([C@H](O)[C@@H](O)c5ccc(O)cc5)CC(=O)C5C[C@@H](O)CC5C(=O)C([C@@H](C)O)NC4=O)cc3)cc2)cc1. The highest BCUT2D eigenvalue weighted by molar-refractivity contribution is 6.01. The average Bonchev–Trinajstić information content (AvgIpc) is 2.10. The molecule has 478 valence electrons. The molecule has 1 saturated carbocycles. The lowest BCUT2D eigenvalue weighted by Gasteiger charge is -2.34. The molecule has 4 aromatic rings. The number of Topliss-reactive ketones (excluding diaryl/α,β-unsaturated/α-hetero) is 2. The van der Waals surface area contributed by atoms with Crippen LogP contribution in [0.4, 0.5) is 0 Å². The molecule has 15 N–H and O–H groups in total. The molecule has 88 heavy (non-hydrogen) atoms. The Kier molecular flexibility index (Phi) is 24.7. The number of aliphatic hydroxyl groups excluding tert-OH is 8. The number of aromatic hydroxyl groups is 1. The van der Waals surface area contributed by atoms with E-state index in [0.29, 0.717) is 6.61 Å². The van der Waals surface area contributed by atoms with Crippen molar-refractivity contribution in [2.75, 3.05) is 39.4 Å². The standard InChI is InChI=1S/C64H85N7O17/c1-5-6-7-28-88-45-22-18-40(19-23-45)38-10-8-37(9-11-38)39-12-14-42(15-13-39)60(83)67-49-32-51(78)59(66-25-24-65-26-27-72)70-63(86)54-55(79)34(2)33-71(54)64(87)53(36(4)74)69-61(84)48(58(82)56(80)41-16-20-43(75)21-17-41)31-50(77)46-29-44(76)30-47(46)57(81)52(35(3)73)68-62(49)85/h8-23,34-36,44,46-49,51-56,58-59,65-66,72-76,78-80,82H,5-7,24-33H2,1-4H3,(H,67,83)(H,68,85)(H,69,84)(H,70,86)/t34-,35+,36+,44+,46?,47?,48?,49-,51+,52?,53?,54?,55-,56-,58-,59?/m0/s1. The van der Waals surface area contributed by atoms with Crippen LogP contribution in [0.5, 0.6) is 11.5 Å². The molecule has 4 aromatic carbocycles. The largest absolute Gasteiger partial charge is 0.508 e. The fourth-order valence-electron chi connectivity index (χ4n) is 11.6. The van der Waals surface area contributed by atoms with Gasteiger partial charge in [-0.25, -0.2) is 0 Å². The molecule has 3 fully saturated rings. The number of nitrogens with zero attached hydrogens (tertiary/aromatic N) is 1. The first-order valence-corrected chi connectivity index (χ1v) is 30.1. The van der Waals surface area contributed by atoms with Gasteiger partial charge in [0.25, 0.3) is 5.91 Å². The lowest BCUT2D eigenvalue weighted by atomic mass is 9.80. The van der Waals surface area contributed by atoms with Crippen LogP contribution < -0.4 is 36.6 Å². The summed E-state index contributed by atoms with van der Waals surface area (Å²) in [4.78, 5) is 103. The van der Waals surface area contributed by atoms with E-state index in [9.17, 15) is 79.5 Å². The quantitative estimate of drug-likeness (QED) is 0.0531. The number of carbonyl (C=O) groups is 7. The summed E-state index contributed by atoms with van der Waals surface area (Å²) in [6.45, 7) is 6.36. The summed E-state index contributed by atoms with van der Waals surface area (Å²) < 4.78 is 5.87. The van der Waals surface area contributed by atoms with E-state index >= 15 is 0 Å². The molecule has 16 atom stereocenters. The van der Waals surface area contributed by atoms with Crippen molar-refractivity contribution in [2.45, 2.75) is 146 Å². The predicted molar refractivity (Wildman–Crippen MR) is 321 cm³/mol. The number of rotatable bonds is 20. The van der Waals surface area contributed by atoms with Crippen molar-refractivity contribution in [1.29, 1.82) is 0 Å². The number of hydrogen-bond acceptors (Lipinski definition) is 19. The number of benzene rings is 4. The van der Waals surface area contributed by atoms with Crippen LogP contribution in [-0.4, -0.2) is 198 Å². The zero-order valence-corrected chi connectivity index (χ0v) is 49.9. The Morgan fingerprint density at radius 1 is 0.693 bits per heavy atom. The average molecular weight is 1220 g/mol. The van der Waals surface area contributed by atoms with E-state index in [0.717, 1.165) is 59.1 Å². The second-order valence-corrected chi connectivity index (χ2v) is 23.4. The summed E-state index contributed by atoms with van der Waals surface area (Å²) >= 11 is 0. The summed E-state index contributed by atoms with van der Waals surface area (Å²) in [6.07, 6.45) is -13.1. The van der Waals surface area contributed by atoms with E-state index in [4.69, 9.17) is 4.74 Å². The van der Waals surface area contributed by atoms with Crippen molar-refractivity contribution < 1.29 is 84.3 Å². The molecule has 24 nitrogen and oxygen atoms in total. The Morgan fingerprint density at radius 2 is 1.27 bits per heavy atom. The van der Waals surface area contributed by atoms with Crippen molar-refractivity contribution >= 4 is 41.1 Å². The number of ketones is 2. The summed E-state index contributed by atoms with van der Waals surface area (Å²) in [5.74, 6) is -12.3. The van der Waals surface area contributed by atoms with Gasteiger partial charge < -0.3 is 82.2 Å². The molecule has 0 bridgehead atoms. The van der Waals surface area contributed by atoms with Gasteiger partial charge in [-0.1, -0.05) is 87.4 Å². The Labute approximate surface area is 511 Å². The van der Waals surface area contributed by atoms with Gasteiger partial charge in [-0.2, -0.15) is 0 Å². The number of hydrogen-bond donors (Lipinski definition) is 15. The van der Waals surface area contributed by atoms with Crippen molar-refractivity contribution in [3.05, 3.63) is 108 Å². The zero-order valence-electron chi connectivity index (χ0n) is 49.9. The molecule has 2 saturated heterocycles. The monoisotopic (exact) mass is 1220 g/mol. The Balaban J connectivity index is 1.22. The van der Waals surface area contributed by atoms with Crippen molar-refractivity contribution in [3.63, 3.8) is 0 Å². The van der Waals surface area contributed by atoms with Crippen LogP contribution in [0.1, 0.15) is 94.7 Å². The number of fused-ring (bicyclic) bond motifs is 2.